The van der Waals surface area contributed by atoms with E-state index in [4.69, 9.17) is 11.6 Å². The van der Waals surface area contributed by atoms with Crippen molar-refractivity contribution in [3.8, 4) is 0 Å². The molecule has 21 heavy (non-hydrogen) atoms. The Morgan fingerprint density at radius 3 is 3.05 bits per heavy atom. The van der Waals surface area contributed by atoms with Crippen LogP contribution in [0, 0.1) is 0 Å². The normalized spacial score (nSPS) is 18.3. The van der Waals surface area contributed by atoms with E-state index in [2.05, 4.69) is 15.6 Å². The Hall–Kier alpha value is -1.82. The summed E-state index contributed by atoms with van der Waals surface area (Å²) in [5.74, 6) is 0.197. The second-order valence-electron chi connectivity index (χ2n) is 4.95. The lowest BCUT2D eigenvalue weighted by Gasteiger charge is -2.32. The Morgan fingerprint density at radius 1 is 1.62 bits per heavy atom. The largest absolute Gasteiger partial charge is 0.369 e. The predicted octanol–water partition coefficient (Wildman–Crippen LogP) is 1.52. The van der Waals surface area contributed by atoms with Gasteiger partial charge in [0.05, 0.1) is 10.6 Å². The van der Waals surface area contributed by atoms with E-state index < -0.39 is 6.04 Å². The van der Waals surface area contributed by atoms with Crippen LogP contribution in [-0.4, -0.2) is 47.4 Å². The Kier molecular flexibility index (Phi) is 5.01. The number of nitrogens with one attached hydrogen (secondary N) is 2. The minimum Gasteiger partial charge on any atom is -0.369 e. The lowest BCUT2D eigenvalue weighted by Crippen LogP contribution is -2.55. The number of nitrogens with zero attached hydrogens (tertiary/aromatic N) is 2. The number of halogens is 1. The van der Waals surface area contributed by atoms with Gasteiger partial charge in [0, 0.05) is 25.8 Å². The van der Waals surface area contributed by atoms with E-state index in [0.717, 1.165) is 13.0 Å². The van der Waals surface area contributed by atoms with Crippen LogP contribution in [0.25, 0.3) is 0 Å². The fourth-order valence-corrected chi connectivity index (χ4v) is 2.39. The minimum atomic E-state index is -0.483. The first-order valence-electron chi connectivity index (χ1n) is 7.02. The summed E-state index contributed by atoms with van der Waals surface area (Å²) >= 11 is 6.14. The molecule has 1 aromatic rings. The Bertz CT molecular complexity index is 550. The van der Waals surface area contributed by atoms with Gasteiger partial charge in [-0.3, -0.25) is 9.59 Å². The molecule has 0 aliphatic carbocycles. The number of piperazine rings is 1. The molecule has 2 amide bonds. The second-order valence-corrected chi connectivity index (χ2v) is 5.35. The van der Waals surface area contributed by atoms with Crippen molar-refractivity contribution in [1.29, 1.82) is 0 Å². The minimum absolute atomic E-state index is 0.144. The van der Waals surface area contributed by atoms with E-state index >= 15 is 0 Å². The van der Waals surface area contributed by atoms with Crippen LogP contribution in [0.5, 0.6) is 0 Å². The van der Waals surface area contributed by atoms with Crippen LogP contribution in [0.4, 0.5) is 5.82 Å². The molecule has 0 radical (unpaired) electrons. The molecule has 6 nitrogen and oxygen atoms in total. The van der Waals surface area contributed by atoms with Crippen molar-refractivity contribution in [2.45, 2.75) is 26.3 Å². The van der Waals surface area contributed by atoms with Crippen LogP contribution >= 0.6 is 11.6 Å². The van der Waals surface area contributed by atoms with Gasteiger partial charge in [0.15, 0.2) is 0 Å². The van der Waals surface area contributed by atoms with E-state index in [1.54, 1.807) is 13.0 Å². The molecule has 1 aromatic heterocycles. The van der Waals surface area contributed by atoms with Gasteiger partial charge in [-0.2, -0.15) is 0 Å². The third kappa shape index (κ3) is 3.44. The molecular weight excluding hydrogens is 292 g/mol. The maximum atomic E-state index is 12.5. The summed E-state index contributed by atoms with van der Waals surface area (Å²) < 4.78 is 0. The smallest absolute Gasteiger partial charge is 0.256 e. The van der Waals surface area contributed by atoms with Crippen molar-refractivity contribution in [2.75, 3.05) is 25.0 Å². The number of hydrogen-bond donors (Lipinski definition) is 2. The Morgan fingerprint density at radius 2 is 2.38 bits per heavy atom. The molecule has 1 atom stereocenters. The van der Waals surface area contributed by atoms with Gasteiger partial charge in [-0.05, 0) is 19.4 Å². The molecule has 1 aliphatic rings. The van der Waals surface area contributed by atoms with Crippen molar-refractivity contribution in [3.63, 3.8) is 0 Å². The molecule has 0 saturated carbocycles. The maximum Gasteiger partial charge on any atom is 0.256 e. The van der Waals surface area contributed by atoms with Crippen LogP contribution in [0.15, 0.2) is 12.3 Å². The first kappa shape index (κ1) is 15.6. The van der Waals surface area contributed by atoms with Gasteiger partial charge in [-0.1, -0.05) is 18.5 Å². The maximum absolute atomic E-state index is 12.5. The molecule has 0 aromatic carbocycles. The van der Waals surface area contributed by atoms with Crippen LogP contribution in [0.3, 0.4) is 0 Å². The van der Waals surface area contributed by atoms with E-state index in [9.17, 15) is 9.59 Å². The summed E-state index contributed by atoms with van der Waals surface area (Å²) in [7, 11) is 0. The van der Waals surface area contributed by atoms with Gasteiger partial charge in [0.25, 0.3) is 5.91 Å². The Labute approximate surface area is 128 Å². The quantitative estimate of drug-likeness (QED) is 0.884. The molecule has 1 saturated heterocycles. The summed E-state index contributed by atoms with van der Waals surface area (Å²) in [4.78, 5) is 29.8. The highest BCUT2D eigenvalue weighted by atomic mass is 35.5. The van der Waals surface area contributed by atoms with Crippen molar-refractivity contribution < 1.29 is 9.59 Å². The number of pyridine rings is 1. The molecule has 1 aliphatic heterocycles. The first-order valence-corrected chi connectivity index (χ1v) is 7.40. The number of carbonyl (C=O) groups is 2. The lowest BCUT2D eigenvalue weighted by molar-refractivity contribution is -0.127. The molecule has 7 heteroatoms. The molecule has 114 valence electrons. The van der Waals surface area contributed by atoms with E-state index in [1.807, 2.05) is 6.92 Å². The van der Waals surface area contributed by atoms with Crippen molar-refractivity contribution in [1.82, 2.24) is 15.2 Å². The highest BCUT2D eigenvalue weighted by molar-refractivity contribution is 6.33. The number of hydrogen-bond acceptors (Lipinski definition) is 4. The number of rotatable bonds is 4. The summed E-state index contributed by atoms with van der Waals surface area (Å²) in [5.41, 5.74) is 0.392. The van der Waals surface area contributed by atoms with Gasteiger partial charge in [-0.15, -0.1) is 0 Å². The predicted molar refractivity (Wildman–Crippen MR) is 81.5 cm³/mol. The molecule has 0 spiro atoms. The van der Waals surface area contributed by atoms with Crippen LogP contribution in [-0.2, 0) is 4.79 Å². The highest BCUT2D eigenvalue weighted by Gasteiger charge is 2.30. The Balaban J connectivity index is 2.15. The summed E-state index contributed by atoms with van der Waals surface area (Å²) in [6, 6.07) is 1.11. The zero-order valence-corrected chi connectivity index (χ0v) is 12.9. The van der Waals surface area contributed by atoms with Gasteiger partial charge in [0.1, 0.15) is 11.9 Å². The summed E-state index contributed by atoms with van der Waals surface area (Å²) in [6.07, 6.45) is 2.45. The number of carbonyl (C=O) groups excluding carboxylic acids is 2. The van der Waals surface area contributed by atoms with Gasteiger partial charge >= 0.3 is 0 Å². The van der Waals surface area contributed by atoms with Gasteiger partial charge in [0.2, 0.25) is 5.91 Å². The molecule has 1 unspecified atom stereocenters. The van der Waals surface area contributed by atoms with E-state index in [-0.39, 0.29) is 11.8 Å². The number of aromatic nitrogens is 1. The van der Waals surface area contributed by atoms with E-state index in [1.165, 1.54) is 11.1 Å². The van der Waals surface area contributed by atoms with Gasteiger partial charge in [-0.25, -0.2) is 4.98 Å². The van der Waals surface area contributed by atoms with Crippen LogP contribution in [0.1, 0.15) is 30.6 Å². The highest BCUT2D eigenvalue weighted by Crippen LogP contribution is 2.21. The molecule has 0 bridgehead atoms. The lowest BCUT2D eigenvalue weighted by atomic mass is 10.1. The SMILES string of the molecule is CCCNc1ncc(C(=O)N2CCNC(=O)C2C)cc1Cl. The molecule has 2 rings (SSSR count). The fourth-order valence-electron chi connectivity index (χ4n) is 2.15. The molecule has 2 N–H and O–H groups in total. The van der Waals surface area contributed by atoms with E-state index in [0.29, 0.717) is 29.5 Å². The van der Waals surface area contributed by atoms with Gasteiger partial charge < -0.3 is 15.5 Å². The topological polar surface area (TPSA) is 74.3 Å². The third-order valence-corrected chi connectivity index (χ3v) is 3.68. The molecule has 2 heterocycles. The second kappa shape index (κ2) is 6.76. The van der Waals surface area contributed by atoms with Crippen LogP contribution < -0.4 is 10.6 Å². The zero-order valence-electron chi connectivity index (χ0n) is 12.1. The molecule has 1 fully saturated rings. The first-order chi connectivity index (χ1) is 10.0. The number of amides is 2. The van der Waals surface area contributed by atoms with Crippen LogP contribution in [0.2, 0.25) is 5.02 Å². The van der Waals surface area contributed by atoms with Crippen molar-refractivity contribution in [2.24, 2.45) is 0 Å². The average molecular weight is 311 g/mol. The number of anilines is 1. The monoisotopic (exact) mass is 310 g/mol. The standard InChI is InChI=1S/C14H19ClN4O2/c1-3-4-16-12-11(15)7-10(8-18-12)14(21)19-6-5-17-13(20)9(19)2/h7-9H,3-6H2,1-2H3,(H,16,18)(H,17,20). The third-order valence-electron chi connectivity index (χ3n) is 3.39. The fraction of sp³-hybridized carbons (Fsp3) is 0.500. The van der Waals surface area contributed by atoms with Crippen molar-refractivity contribution in [3.05, 3.63) is 22.8 Å². The summed E-state index contributed by atoms with van der Waals surface area (Å²) in [5, 5.41) is 6.23. The van der Waals surface area contributed by atoms with Crippen molar-refractivity contribution >= 4 is 29.2 Å². The zero-order chi connectivity index (χ0) is 15.4. The average Bonchev–Trinajstić information content (AvgIpc) is 2.48. The summed E-state index contributed by atoms with van der Waals surface area (Å²) in [6.45, 7) is 5.47. The molecular formula is C14H19ClN4O2.